The summed E-state index contributed by atoms with van der Waals surface area (Å²) in [4.78, 5) is 16.5. The summed E-state index contributed by atoms with van der Waals surface area (Å²) in [7, 11) is 0. The molecule has 6 nitrogen and oxygen atoms in total. The minimum Gasteiger partial charge on any atom is -0.507 e. The number of nitriles is 1. The lowest BCUT2D eigenvalue weighted by Gasteiger charge is -2.28. The summed E-state index contributed by atoms with van der Waals surface area (Å²) >= 11 is 6.03. The fourth-order valence-corrected chi connectivity index (χ4v) is 3.86. The Morgan fingerprint density at radius 1 is 1.09 bits per heavy atom. The normalized spacial score (nSPS) is 11.7. The molecule has 0 atom stereocenters. The average Bonchev–Trinajstić information content (AvgIpc) is 2.68. The van der Waals surface area contributed by atoms with Crippen molar-refractivity contribution in [3.05, 3.63) is 51.2 Å². The van der Waals surface area contributed by atoms with Crippen molar-refractivity contribution >= 4 is 23.3 Å². The van der Waals surface area contributed by atoms with Crippen molar-refractivity contribution in [2.45, 2.75) is 72.1 Å². The van der Waals surface area contributed by atoms with Crippen LogP contribution in [0.4, 0.5) is 5.82 Å². The molecule has 0 aliphatic heterocycles. The van der Waals surface area contributed by atoms with Crippen LogP contribution in [-0.2, 0) is 22.0 Å². The van der Waals surface area contributed by atoms with Crippen LogP contribution in [0.2, 0.25) is 5.15 Å². The molecule has 0 bridgehead atoms. The third-order valence-electron chi connectivity index (χ3n) is 5.46. The van der Waals surface area contributed by atoms with Gasteiger partial charge in [-0.15, -0.1) is 0 Å². The number of hydrogen-bond donors (Lipinski definition) is 3. The zero-order valence-electron chi connectivity index (χ0n) is 20.7. The van der Waals surface area contributed by atoms with Gasteiger partial charge in [-0.1, -0.05) is 65.3 Å². The molecule has 0 saturated heterocycles. The Hall–Kier alpha value is -2.78. The predicted octanol–water partition coefficient (Wildman–Crippen LogP) is 5.38. The fourth-order valence-electron chi connectivity index (χ4n) is 3.58. The molecule has 0 aliphatic carbocycles. The van der Waals surface area contributed by atoms with Crippen LogP contribution >= 0.6 is 11.6 Å². The quantitative estimate of drug-likeness (QED) is 0.373. The minimum atomic E-state index is -0.200. The Bertz CT molecular complexity index is 1000. The van der Waals surface area contributed by atoms with Gasteiger partial charge in [0.2, 0.25) is 5.91 Å². The summed E-state index contributed by atoms with van der Waals surface area (Å²) in [5.74, 6) is 0.877. The number of aryl methyl sites for hydroxylation is 2. The first-order valence-corrected chi connectivity index (χ1v) is 11.6. The second-order valence-electron chi connectivity index (χ2n) is 10.4. The van der Waals surface area contributed by atoms with E-state index in [4.69, 9.17) is 16.9 Å². The Morgan fingerprint density at radius 2 is 1.67 bits per heavy atom. The molecule has 0 radical (unpaired) electrons. The van der Waals surface area contributed by atoms with Gasteiger partial charge < -0.3 is 15.7 Å². The Morgan fingerprint density at radius 3 is 2.15 bits per heavy atom. The molecule has 1 amide bonds. The summed E-state index contributed by atoms with van der Waals surface area (Å²) in [5, 5.41) is 26.1. The number of nitrogens with one attached hydrogen (secondary N) is 2. The number of carbonyl (C=O) groups excluding carboxylic acids is 1. The van der Waals surface area contributed by atoms with Crippen molar-refractivity contribution in [1.82, 2.24) is 10.3 Å². The average molecular weight is 471 g/mol. The van der Waals surface area contributed by atoms with E-state index in [9.17, 15) is 9.90 Å². The maximum atomic E-state index is 12.4. The lowest BCUT2D eigenvalue weighted by Crippen LogP contribution is -2.29. The first-order valence-electron chi connectivity index (χ1n) is 11.2. The van der Waals surface area contributed by atoms with Crippen molar-refractivity contribution in [1.29, 1.82) is 5.26 Å². The number of phenolic OH excluding ortho intramolecular Hbond substituents is 1. The van der Waals surface area contributed by atoms with Gasteiger partial charge in [-0.05, 0) is 52.5 Å². The molecule has 178 valence electrons. The molecule has 3 N–H and O–H groups in total. The van der Waals surface area contributed by atoms with E-state index in [2.05, 4.69) is 57.2 Å². The molecule has 0 fully saturated rings. The number of halogens is 1. The topological polar surface area (TPSA) is 98.0 Å². The molecule has 2 rings (SSSR count). The molecule has 0 aliphatic rings. The molecule has 33 heavy (non-hydrogen) atoms. The number of pyridine rings is 1. The molecule has 7 heteroatoms. The van der Waals surface area contributed by atoms with E-state index >= 15 is 0 Å². The van der Waals surface area contributed by atoms with E-state index in [1.807, 2.05) is 18.2 Å². The van der Waals surface area contributed by atoms with Gasteiger partial charge in [-0.25, -0.2) is 4.98 Å². The number of aromatic hydroxyl groups is 1. The summed E-state index contributed by atoms with van der Waals surface area (Å²) < 4.78 is 0. The number of hydrogen-bond acceptors (Lipinski definition) is 5. The molecular weight excluding hydrogens is 436 g/mol. The van der Waals surface area contributed by atoms with Crippen LogP contribution < -0.4 is 10.6 Å². The van der Waals surface area contributed by atoms with Gasteiger partial charge in [-0.3, -0.25) is 4.79 Å². The standard InChI is InChI=1S/C26H35ClN4O2/c1-16-12-21(31-24(27)18(16)15-28)29-10-11-30-22(32)9-8-17-13-19(25(2,3)4)23(33)20(14-17)26(5,6)7/h12-14,33H,8-11H2,1-7H3,(H,29,31)(H,30,32). The minimum absolute atomic E-state index is 0.0403. The summed E-state index contributed by atoms with van der Waals surface area (Å²) in [5.41, 5.74) is 3.57. The van der Waals surface area contributed by atoms with Crippen LogP contribution in [0.3, 0.4) is 0 Å². The van der Waals surface area contributed by atoms with Crippen LogP contribution in [-0.4, -0.2) is 29.1 Å². The highest BCUT2D eigenvalue weighted by Crippen LogP contribution is 2.40. The van der Waals surface area contributed by atoms with E-state index < -0.39 is 0 Å². The molecule has 0 unspecified atom stereocenters. The van der Waals surface area contributed by atoms with Gasteiger partial charge in [0.25, 0.3) is 0 Å². The van der Waals surface area contributed by atoms with E-state index in [1.54, 1.807) is 13.0 Å². The van der Waals surface area contributed by atoms with Gasteiger partial charge in [0.05, 0.1) is 5.56 Å². The van der Waals surface area contributed by atoms with Gasteiger partial charge in [0, 0.05) is 19.5 Å². The number of anilines is 1. The zero-order chi connectivity index (χ0) is 25.0. The van der Waals surface area contributed by atoms with E-state index in [0.717, 1.165) is 22.3 Å². The van der Waals surface area contributed by atoms with Crippen molar-refractivity contribution in [3.8, 4) is 11.8 Å². The Labute approximate surface area is 202 Å². The van der Waals surface area contributed by atoms with Crippen LogP contribution in [0.5, 0.6) is 5.75 Å². The first kappa shape index (κ1) is 26.5. The predicted molar refractivity (Wildman–Crippen MR) is 134 cm³/mol. The number of phenols is 1. The first-order chi connectivity index (χ1) is 15.2. The molecule has 2 aromatic rings. The second-order valence-corrected chi connectivity index (χ2v) is 10.8. The Kier molecular flexibility index (Phi) is 8.37. The molecule has 1 aromatic heterocycles. The molecule has 1 aromatic carbocycles. The van der Waals surface area contributed by atoms with Crippen LogP contribution in [0.15, 0.2) is 18.2 Å². The van der Waals surface area contributed by atoms with Crippen molar-refractivity contribution in [2.75, 3.05) is 18.4 Å². The monoisotopic (exact) mass is 470 g/mol. The zero-order valence-corrected chi connectivity index (χ0v) is 21.4. The van der Waals surface area contributed by atoms with Crippen LogP contribution in [0, 0.1) is 18.3 Å². The highest BCUT2D eigenvalue weighted by Gasteiger charge is 2.26. The summed E-state index contributed by atoms with van der Waals surface area (Å²) in [6, 6.07) is 7.83. The molecular formula is C26H35ClN4O2. The molecule has 0 saturated carbocycles. The van der Waals surface area contributed by atoms with Gasteiger partial charge in [0.1, 0.15) is 22.8 Å². The highest BCUT2D eigenvalue weighted by atomic mass is 35.5. The second kappa shape index (κ2) is 10.4. The number of aromatic nitrogens is 1. The SMILES string of the molecule is Cc1cc(NCCNC(=O)CCc2cc(C(C)(C)C)c(O)c(C(C)(C)C)c2)nc(Cl)c1C#N. The maximum absolute atomic E-state index is 12.4. The van der Waals surface area contributed by atoms with E-state index in [0.29, 0.717) is 43.1 Å². The molecule has 1 heterocycles. The van der Waals surface area contributed by atoms with Crippen molar-refractivity contribution < 1.29 is 9.90 Å². The number of benzene rings is 1. The lowest BCUT2D eigenvalue weighted by molar-refractivity contribution is -0.120. The van der Waals surface area contributed by atoms with Crippen LogP contribution in [0.1, 0.15) is 75.8 Å². The lowest BCUT2D eigenvalue weighted by atomic mass is 9.78. The van der Waals surface area contributed by atoms with Gasteiger partial charge in [0.15, 0.2) is 0 Å². The number of carbonyl (C=O) groups is 1. The van der Waals surface area contributed by atoms with Crippen LogP contribution in [0.25, 0.3) is 0 Å². The Balaban J connectivity index is 1.95. The van der Waals surface area contributed by atoms with Crippen molar-refractivity contribution in [3.63, 3.8) is 0 Å². The third kappa shape index (κ3) is 7.10. The largest absolute Gasteiger partial charge is 0.507 e. The van der Waals surface area contributed by atoms with E-state index in [-0.39, 0.29) is 21.9 Å². The van der Waals surface area contributed by atoms with E-state index in [1.165, 1.54) is 0 Å². The summed E-state index contributed by atoms with van der Waals surface area (Å²) in [6.07, 6.45) is 0.954. The van der Waals surface area contributed by atoms with Gasteiger partial charge in [-0.2, -0.15) is 5.26 Å². The van der Waals surface area contributed by atoms with Gasteiger partial charge >= 0.3 is 0 Å². The smallest absolute Gasteiger partial charge is 0.220 e. The fraction of sp³-hybridized carbons (Fsp3) is 0.500. The van der Waals surface area contributed by atoms with Crippen molar-refractivity contribution in [2.24, 2.45) is 0 Å². The highest BCUT2D eigenvalue weighted by molar-refractivity contribution is 6.30. The number of nitrogens with zero attached hydrogens (tertiary/aromatic N) is 2. The third-order valence-corrected chi connectivity index (χ3v) is 5.74. The number of amides is 1. The number of rotatable bonds is 7. The maximum Gasteiger partial charge on any atom is 0.220 e. The summed E-state index contributed by atoms with van der Waals surface area (Å²) in [6.45, 7) is 15.2. The molecule has 0 spiro atoms.